The van der Waals surface area contributed by atoms with Crippen LogP contribution in [0.25, 0.3) is 0 Å². The summed E-state index contributed by atoms with van der Waals surface area (Å²) in [5, 5.41) is 18.7. The van der Waals surface area contributed by atoms with Gasteiger partial charge < -0.3 is 10.2 Å². The van der Waals surface area contributed by atoms with E-state index in [2.05, 4.69) is 0 Å². The lowest BCUT2D eigenvalue weighted by atomic mass is 9.88. The van der Waals surface area contributed by atoms with Crippen molar-refractivity contribution in [2.75, 3.05) is 11.5 Å². The third kappa shape index (κ3) is 2.42. The Hall–Kier alpha value is -0.130. The molecule has 0 aromatic carbocycles. The lowest BCUT2D eigenvalue weighted by molar-refractivity contribution is 0.0490. The van der Waals surface area contributed by atoms with Crippen molar-refractivity contribution in [2.45, 2.75) is 26.1 Å². The van der Waals surface area contributed by atoms with E-state index >= 15 is 0 Å². The highest BCUT2D eigenvalue weighted by molar-refractivity contribution is 7.91. The van der Waals surface area contributed by atoms with Crippen molar-refractivity contribution in [3.63, 3.8) is 0 Å². The van der Waals surface area contributed by atoms with Gasteiger partial charge in [0.2, 0.25) is 0 Å². The van der Waals surface area contributed by atoms with Gasteiger partial charge in [-0.25, -0.2) is 8.42 Å². The van der Waals surface area contributed by atoms with Crippen molar-refractivity contribution in [1.82, 2.24) is 0 Å². The van der Waals surface area contributed by atoms with Gasteiger partial charge >= 0.3 is 0 Å². The summed E-state index contributed by atoms with van der Waals surface area (Å²) in [5.41, 5.74) is 0. The van der Waals surface area contributed by atoms with E-state index < -0.39 is 22.0 Å². The molecule has 1 fully saturated rings. The molecule has 0 aromatic rings. The Labute approximate surface area is 78.5 Å². The van der Waals surface area contributed by atoms with Crippen LogP contribution in [-0.4, -0.2) is 42.3 Å². The van der Waals surface area contributed by atoms with Gasteiger partial charge in [-0.3, -0.25) is 0 Å². The largest absolute Gasteiger partial charge is 0.393 e. The van der Waals surface area contributed by atoms with Gasteiger partial charge in [-0.2, -0.15) is 0 Å². The van der Waals surface area contributed by atoms with Crippen LogP contribution in [0, 0.1) is 11.8 Å². The average Bonchev–Trinajstić information content (AvgIpc) is 2.22. The smallest absolute Gasteiger partial charge is 0.153 e. The summed E-state index contributed by atoms with van der Waals surface area (Å²) in [6.07, 6.45) is -1.39. The maximum absolute atomic E-state index is 11.1. The van der Waals surface area contributed by atoms with Crippen LogP contribution in [-0.2, 0) is 9.84 Å². The molecule has 0 spiro atoms. The summed E-state index contributed by atoms with van der Waals surface area (Å²) in [6, 6.07) is 0. The predicted octanol–water partition coefficient (Wildman–Crippen LogP) is -0.591. The van der Waals surface area contributed by atoms with Gasteiger partial charge in [0, 0.05) is 5.92 Å². The summed E-state index contributed by atoms with van der Waals surface area (Å²) in [4.78, 5) is 0. The highest BCUT2D eigenvalue weighted by Crippen LogP contribution is 2.28. The molecule has 1 aliphatic heterocycles. The van der Waals surface area contributed by atoms with Gasteiger partial charge in [-0.1, -0.05) is 6.92 Å². The molecule has 4 unspecified atom stereocenters. The quantitative estimate of drug-likeness (QED) is 0.636. The minimum atomic E-state index is -3.08. The summed E-state index contributed by atoms with van der Waals surface area (Å²) < 4.78 is 22.3. The standard InChI is InChI=1S/C8H16O4S/c1-5(6(2)9)7-3-13(11,12)4-8(7)10/h5-10H,3-4H2,1-2H3. The maximum atomic E-state index is 11.1. The molecule has 5 heteroatoms. The first-order chi connectivity index (χ1) is 5.83. The van der Waals surface area contributed by atoms with Crippen molar-refractivity contribution >= 4 is 9.84 Å². The monoisotopic (exact) mass is 208 g/mol. The van der Waals surface area contributed by atoms with Crippen LogP contribution in [0.4, 0.5) is 0 Å². The third-order valence-corrected chi connectivity index (χ3v) is 4.54. The fraction of sp³-hybridized carbons (Fsp3) is 1.00. The summed E-state index contributed by atoms with van der Waals surface area (Å²) in [6.45, 7) is 3.38. The Bertz CT molecular complexity index is 270. The molecule has 1 aliphatic rings. The Morgan fingerprint density at radius 2 is 1.85 bits per heavy atom. The van der Waals surface area contributed by atoms with E-state index in [1.54, 1.807) is 13.8 Å². The SMILES string of the molecule is CC(O)C(C)C1CS(=O)(=O)CC1O. The van der Waals surface area contributed by atoms with Gasteiger partial charge in [0.25, 0.3) is 0 Å². The van der Waals surface area contributed by atoms with Gasteiger partial charge in [0.05, 0.1) is 23.7 Å². The number of sulfone groups is 1. The van der Waals surface area contributed by atoms with Crippen molar-refractivity contribution in [3.05, 3.63) is 0 Å². The van der Waals surface area contributed by atoms with E-state index in [1.165, 1.54) is 0 Å². The molecule has 13 heavy (non-hydrogen) atoms. The molecular weight excluding hydrogens is 192 g/mol. The van der Waals surface area contributed by atoms with E-state index in [9.17, 15) is 18.6 Å². The van der Waals surface area contributed by atoms with Gasteiger partial charge in [0.1, 0.15) is 0 Å². The molecule has 0 amide bonds. The molecule has 1 saturated heterocycles. The zero-order valence-electron chi connectivity index (χ0n) is 7.84. The number of hydrogen-bond acceptors (Lipinski definition) is 4. The molecule has 0 aromatic heterocycles. The third-order valence-electron chi connectivity index (χ3n) is 2.80. The molecular formula is C8H16O4S. The van der Waals surface area contributed by atoms with E-state index in [0.29, 0.717) is 0 Å². The Kier molecular flexibility index (Phi) is 2.99. The van der Waals surface area contributed by atoms with E-state index in [0.717, 1.165) is 0 Å². The lowest BCUT2D eigenvalue weighted by Gasteiger charge is -2.23. The fourth-order valence-electron chi connectivity index (χ4n) is 1.72. The van der Waals surface area contributed by atoms with Crippen LogP contribution < -0.4 is 0 Å². The first kappa shape index (κ1) is 10.9. The van der Waals surface area contributed by atoms with E-state index in [-0.39, 0.29) is 23.3 Å². The van der Waals surface area contributed by atoms with E-state index in [4.69, 9.17) is 0 Å². The molecule has 0 bridgehead atoms. The van der Waals surface area contributed by atoms with Gasteiger partial charge in [0.15, 0.2) is 9.84 Å². The molecule has 0 radical (unpaired) electrons. The minimum Gasteiger partial charge on any atom is -0.393 e. The Morgan fingerprint density at radius 1 is 1.31 bits per heavy atom. The molecule has 0 saturated carbocycles. The maximum Gasteiger partial charge on any atom is 0.153 e. The summed E-state index contributed by atoms with van der Waals surface area (Å²) in [5.74, 6) is -0.646. The van der Waals surface area contributed by atoms with Crippen LogP contribution in [0.2, 0.25) is 0 Å². The van der Waals surface area contributed by atoms with Crippen LogP contribution >= 0.6 is 0 Å². The number of rotatable bonds is 2. The van der Waals surface area contributed by atoms with Crippen LogP contribution in [0.15, 0.2) is 0 Å². The van der Waals surface area contributed by atoms with Gasteiger partial charge in [-0.05, 0) is 12.8 Å². The van der Waals surface area contributed by atoms with Crippen LogP contribution in [0.1, 0.15) is 13.8 Å². The zero-order valence-corrected chi connectivity index (χ0v) is 8.66. The highest BCUT2D eigenvalue weighted by Gasteiger charge is 2.40. The van der Waals surface area contributed by atoms with Gasteiger partial charge in [-0.15, -0.1) is 0 Å². The summed E-state index contributed by atoms with van der Waals surface area (Å²) in [7, 11) is -3.08. The van der Waals surface area contributed by atoms with Crippen molar-refractivity contribution in [1.29, 1.82) is 0 Å². The minimum absolute atomic E-state index is 0.000231. The summed E-state index contributed by atoms with van der Waals surface area (Å²) >= 11 is 0. The normalized spacial score (nSPS) is 37.2. The van der Waals surface area contributed by atoms with Crippen LogP contribution in [0.5, 0.6) is 0 Å². The molecule has 1 heterocycles. The fourth-order valence-corrected chi connectivity index (χ4v) is 3.73. The highest BCUT2D eigenvalue weighted by atomic mass is 32.2. The molecule has 4 nitrogen and oxygen atoms in total. The molecule has 78 valence electrons. The number of aliphatic hydroxyl groups excluding tert-OH is 2. The van der Waals surface area contributed by atoms with Crippen molar-refractivity contribution in [3.8, 4) is 0 Å². The second kappa shape index (κ2) is 3.55. The number of aliphatic hydroxyl groups is 2. The second-order valence-corrected chi connectivity index (χ2v) is 6.06. The topological polar surface area (TPSA) is 74.6 Å². The Morgan fingerprint density at radius 3 is 2.15 bits per heavy atom. The van der Waals surface area contributed by atoms with E-state index in [1.807, 2.05) is 0 Å². The average molecular weight is 208 g/mol. The van der Waals surface area contributed by atoms with Crippen molar-refractivity contribution < 1.29 is 18.6 Å². The zero-order chi connectivity index (χ0) is 10.2. The molecule has 1 rings (SSSR count). The first-order valence-electron chi connectivity index (χ1n) is 4.40. The molecule has 0 aliphatic carbocycles. The Balaban J connectivity index is 2.73. The molecule has 4 atom stereocenters. The van der Waals surface area contributed by atoms with Crippen LogP contribution in [0.3, 0.4) is 0 Å². The molecule has 2 N–H and O–H groups in total. The van der Waals surface area contributed by atoms with Crippen molar-refractivity contribution in [2.24, 2.45) is 11.8 Å². The lowest BCUT2D eigenvalue weighted by Crippen LogP contribution is -2.31. The first-order valence-corrected chi connectivity index (χ1v) is 6.22. The predicted molar refractivity (Wildman–Crippen MR) is 49.0 cm³/mol. The number of hydrogen-bond donors (Lipinski definition) is 2. The second-order valence-electron chi connectivity index (χ2n) is 3.91.